The molecule has 5 heteroatoms. The van der Waals surface area contributed by atoms with E-state index >= 15 is 0 Å². The van der Waals surface area contributed by atoms with Crippen LogP contribution in [0.4, 0.5) is 10.1 Å². The van der Waals surface area contributed by atoms with Crippen LogP contribution in [-0.4, -0.2) is 28.7 Å². The van der Waals surface area contributed by atoms with Crippen LogP contribution in [0.3, 0.4) is 0 Å². The first-order valence-electron chi connectivity index (χ1n) is 4.10. The first-order valence-corrected chi connectivity index (χ1v) is 5.09. The van der Waals surface area contributed by atoms with Gasteiger partial charge in [0.05, 0.1) is 12.7 Å². The molecule has 3 nitrogen and oxygen atoms in total. The third-order valence-corrected chi connectivity index (χ3v) is 2.83. The van der Waals surface area contributed by atoms with Crippen LogP contribution >= 0.6 is 11.8 Å². The molecule has 0 aliphatic carbocycles. The van der Waals surface area contributed by atoms with E-state index < -0.39 is 6.10 Å². The molecule has 0 saturated carbocycles. The lowest BCUT2D eigenvalue weighted by Crippen LogP contribution is -2.14. The second-order valence-corrected chi connectivity index (χ2v) is 3.89. The number of halogens is 1. The van der Waals surface area contributed by atoms with Crippen LogP contribution in [0.25, 0.3) is 0 Å². The summed E-state index contributed by atoms with van der Waals surface area (Å²) in [5.74, 6) is -0.0651. The predicted molar refractivity (Wildman–Crippen MR) is 54.6 cm³/mol. The molecule has 0 heterocycles. The van der Waals surface area contributed by atoms with Crippen LogP contribution < -0.4 is 5.73 Å². The van der Waals surface area contributed by atoms with Gasteiger partial charge in [0.25, 0.3) is 0 Å². The van der Waals surface area contributed by atoms with Gasteiger partial charge in [0, 0.05) is 16.3 Å². The van der Waals surface area contributed by atoms with Crippen LogP contribution in [0.2, 0.25) is 0 Å². The van der Waals surface area contributed by atoms with Crippen molar-refractivity contribution in [3.05, 3.63) is 24.0 Å². The SMILES string of the molecule is Nc1ccc(F)cc1SCC(O)CO. The summed E-state index contributed by atoms with van der Waals surface area (Å²) in [5.41, 5.74) is 6.06. The van der Waals surface area contributed by atoms with E-state index in [1.807, 2.05) is 0 Å². The van der Waals surface area contributed by atoms with Crippen molar-refractivity contribution in [3.8, 4) is 0 Å². The highest BCUT2D eigenvalue weighted by atomic mass is 32.2. The zero-order valence-corrected chi connectivity index (χ0v) is 8.30. The van der Waals surface area contributed by atoms with E-state index in [0.29, 0.717) is 16.3 Å². The molecule has 0 amide bonds. The summed E-state index contributed by atoms with van der Waals surface area (Å²) in [7, 11) is 0. The number of anilines is 1. The largest absolute Gasteiger partial charge is 0.398 e. The molecule has 0 radical (unpaired) electrons. The summed E-state index contributed by atoms with van der Waals surface area (Å²) < 4.78 is 12.8. The number of benzene rings is 1. The maximum atomic E-state index is 12.8. The van der Waals surface area contributed by atoms with Crippen molar-refractivity contribution in [2.24, 2.45) is 0 Å². The number of hydrogen-bond acceptors (Lipinski definition) is 4. The topological polar surface area (TPSA) is 66.5 Å². The average molecular weight is 217 g/mol. The molecule has 1 aromatic rings. The van der Waals surface area contributed by atoms with Gasteiger partial charge in [-0.1, -0.05) is 0 Å². The fourth-order valence-electron chi connectivity index (χ4n) is 0.872. The van der Waals surface area contributed by atoms with Crippen LogP contribution in [0.15, 0.2) is 23.1 Å². The fraction of sp³-hybridized carbons (Fsp3) is 0.333. The zero-order chi connectivity index (χ0) is 10.6. The van der Waals surface area contributed by atoms with Crippen molar-refractivity contribution in [1.29, 1.82) is 0 Å². The molecule has 1 rings (SSSR count). The van der Waals surface area contributed by atoms with Crippen molar-refractivity contribution >= 4 is 17.4 Å². The van der Waals surface area contributed by atoms with Gasteiger partial charge in [-0.15, -0.1) is 11.8 Å². The minimum Gasteiger partial charge on any atom is -0.398 e. The van der Waals surface area contributed by atoms with Gasteiger partial charge >= 0.3 is 0 Å². The molecule has 0 aliphatic heterocycles. The summed E-state index contributed by atoms with van der Waals surface area (Å²) >= 11 is 1.22. The number of nitrogens with two attached hydrogens (primary N) is 1. The monoisotopic (exact) mass is 217 g/mol. The van der Waals surface area contributed by atoms with Gasteiger partial charge < -0.3 is 15.9 Å². The normalized spacial score (nSPS) is 12.8. The lowest BCUT2D eigenvalue weighted by molar-refractivity contribution is 0.113. The Morgan fingerprint density at radius 3 is 2.86 bits per heavy atom. The van der Waals surface area contributed by atoms with Crippen molar-refractivity contribution in [1.82, 2.24) is 0 Å². The Hall–Kier alpha value is -0.780. The first kappa shape index (κ1) is 11.3. The number of thioether (sulfide) groups is 1. The molecule has 78 valence electrons. The predicted octanol–water partition coefficient (Wildman–Crippen LogP) is 0.853. The Morgan fingerprint density at radius 2 is 2.21 bits per heavy atom. The highest BCUT2D eigenvalue weighted by molar-refractivity contribution is 7.99. The van der Waals surface area contributed by atoms with Gasteiger partial charge in [-0.2, -0.15) is 0 Å². The summed E-state index contributed by atoms with van der Waals surface area (Å²) in [6.07, 6.45) is -0.803. The summed E-state index contributed by atoms with van der Waals surface area (Å²) in [4.78, 5) is 0.581. The van der Waals surface area contributed by atoms with E-state index in [1.54, 1.807) is 0 Å². The Balaban J connectivity index is 2.62. The highest BCUT2D eigenvalue weighted by Gasteiger charge is 2.06. The fourth-order valence-corrected chi connectivity index (χ4v) is 1.78. The van der Waals surface area contributed by atoms with Crippen LogP contribution in [0.1, 0.15) is 0 Å². The Labute approximate surface area is 85.7 Å². The third kappa shape index (κ3) is 3.17. The van der Waals surface area contributed by atoms with Crippen molar-refractivity contribution in [2.75, 3.05) is 18.1 Å². The summed E-state index contributed by atoms with van der Waals surface area (Å²) in [5, 5.41) is 17.6. The number of rotatable bonds is 4. The van der Waals surface area contributed by atoms with E-state index in [4.69, 9.17) is 15.9 Å². The summed E-state index contributed by atoms with van der Waals surface area (Å²) in [6.45, 7) is -0.303. The maximum Gasteiger partial charge on any atom is 0.124 e. The van der Waals surface area contributed by atoms with Gasteiger partial charge in [0.1, 0.15) is 5.82 Å². The third-order valence-electron chi connectivity index (χ3n) is 1.62. The molecule has 4 N–H and O–H groups in total. The summed E-state index contributed by atoms with van der Waals surface area (Å²) in [6, 6.07) is 4.06. The van der Waals surface area contributed by atoms with Gasteiger partial charge in [-0.05, 0) is 18.2 Å². The Kier molecular flexibility index (Phi) is 4.19. The number of aliphatic hydroxyl groups excluding tert-OH is 2. The number of aliphatic hydroxyl groups is 2. The molecular weight excluding hydrogens is 205 g/mol. The van der Waals surface area contributed by atoms with E-state index in [9.17, 15) is 4.39 Å². The highest BCUT2D eigenvalue weighted by Crippen LogP contribution is 2.26. The molecule has 0 fully saturated rings. The molecule has 0 saturated heterocycles. The van der Waals surface area contributed by atoms with E-state index in [-0.39, 0.29) is 12.4 Å². The molecule has 1 unspecified atom stereocenters. The van der Waals surface area contributed by atoms with Crippen LogP contribution in [-0.2, 0) is 0 Å². The number of hydrogen-bond donors (Lipinski definition) is 3. The second-order valence-electron chi connectivity index (χ2n) is 2.83. The maximum absolute atomic E-state index is 12.8. The van der Waals surface area contributed by atoms with Crippen molar-refractivity contribution < 1.29 is 14.6 Å². The van der Waals surface area contributed by atoms with Gasteiger partial charge in [-0.3, -0.25) is 0 Å². The zero-order valence-electron chi connectivity index (χ0n) is 7.48. The molecule has 0 spiro atoms. The molecule has 1 atom stereocenters. The lowest BCUT2D eigenvalue weighted by Gasteiger charge is -2.08. The first-order chi connectivity index (χ1) is 6.63. The van der Waals surface area contributed by atoms with E-state index in [2.05, 4.69) is 0 Å². The molecule has 0 bridgehead atoms. The van der Waals surface area contributed by atoms with Crippen molar-refractivity contribution in [2.45, 2.75) is 11.0 Å². The number of nitrogen functional groups attached to an aromatic ring is 1. The molecule has 0 aromatic heterocycles. The van der Waals surface area contributed by atoms with Crippen LogP contribution in [0, 0.1) is 5.82 Å². The van der Waals surface area contributed by atoms with Gasteiger partial charge in [-0.25, -0.2) is 4.39 Å². The van der Waals surface area contributed by atoms with Crippen molar-refractivity contribution in [3.63, 3.8) is 0 Å². The lowest BCUT2D eigenvalue weighted by atomic mass is 10.3. The minimum atomic E-state index is -0.803. The smallest absolute Gasteiger partial charge is 0.124 e. The quantitative estimate of drug-likeness (QED) is 0.517. The second kappa shape index (κ2) is 5.19. The van der Waals surface area contributed by atoms with E-state index in [1.165, 1.54) is 30.0 Å². The van der Waals surface area contributed by atoms with Gasteiger partial charge in [0.15, 0.2) is 0 Å². The van der Waals surface area contributed by atoms with Crippen LogP contribution in [0.5, 0.6) is 0 Å². The Morgan fingerprint density at radius 1 is 1.50 bits per heavy atom. The molecule has 1 aromatic carbocycles. The Bertz CT molecular complexity index is 309. The molecule has 0 aliphatic rings. The van der Waals surface area contributed by atoms with E-state index in [0.717, 1.165) is 0 Å². The molecule has 14 heavy (non-hydrogen) atoms. The standard InChI is InChI=1S/C9H12FNO2S/c10-6-1-2-8(11)9(3-6)14-5-7(13)4-12/h1-3,7,12-13H,4-5,11H2. The minimum absolute atomic E-state index is 0.296. The molecular formula is C9H12FNO2S. The average Bonchev–Trinajstić information content (AvgIpc) is 2.19. The van der Waals surface area contributed by atoms with Gasteiger partial charge in [0.2, 0.25) is 0 Å².